The third kappa shape index (κ3) is 4.66. The zero-order valence-electron chi connectivity index (χ0n) is 15.2. The molecular weight excluding hydrogens is 438 g/mol. The highest BCUT2D eigenvalue weighted by molar-refractivity contribution is 9.10. The van der Waals surface area contributed by atoms with E-state index in [1.807, 2.05) is 37.3 Å². The Labute approximate surface area is 175 Å². The number of halogens is 1. The summed E-state index contributed by atoms with van der Waals surface area (Å²) < 4.78 is 6.10. The maximum atomic E-state index is 12.5. The smallest absolute Gasteiger partial charge is 0.268 e. The summed E-state index contributed by atoms with van der Waals surface area (Å²) in [5.74, 6) is 0.216. The molecular formula is C21H16BrN3O2S. The highest BCUT2D eigenvalue weighted by Gasteiger charge is 2.15. The second-order valence-corrected chi connectivity index (χ2v) is 7.95. The van der Waals surface area contributed by atoms with Crippen molar-refractivity contribution < 1.29 is 9.53 Å². The fraction of sp³-hybridized carbons (Fsp3) is 0.0952. The standard InChI is InChI=1S/C21H16BrN3O2S/c1-13-19(15-5-7-17(22)8-6-15)24-21(28-13)25-20(26)16(12-23)11-14-3-9-18(27-2)10-4-14/h3-11H,1-2H3,(H,24,25,26)/b16-11+. The van der Waals surface area contributed by atoms with E-state index in [0.29, 0.717) is 10.9 Å². The molecule has 0 aliphatic carbocycles. The molecule has 5 nitrogen and oxygen atoms in total. The number of ether oxygens (including phenoxy) is 1. The summed E-state index contributed by atoms with van der Waals surface area (Å²) in [6.45, 7) is 1.95. The second kappa shape index (κ2) is 8.83. The summed E-state index contributed by atoms with van der Waals surface area (Å²) in [6.07, 6.45) is 1.53. The predicted molar refractivity (Wildman–Crippen MR) is 115 cm³/mol. The van der Waals surface area contributed by atoms with E-state index in [2.05, 4.69) is 26.2 Å². The minimum absolute atomic E-state index is 0.00297. The van der Waals surface area contributed by atoms with Crippen molar-refractivity contribution in [3.05, 3.63) is 69.0 Å². The number of aryl methyl sites for hydroxylation is 1. The van der Waals surface area contributed by atoms with Gasteiger partial charge >= 0.3 is 0 Å². The third-order valence-corrected chi connectivity index (χ3v) is 5.34. The maximum absolute atomic E-state index is 12.5. The lowest BCUT2D eigenvalue weighted by Gasteiger charge is -2.02. The van der Waals surface area contributed by atoms with Gasteiger partial charge in [0.15, 0.2) is 5.13 Å². The van der Waals surface area contributed by atoms with Gasteiger partial charge in [0.2, 0.25) is 0 Å². The van der Waals surface area contributed by atoms with E-state index in [9.17, 15) is 10.1 Å². The Kier molecular flexibility index (Phi) is 6.24. The van der Waals surface area contributed by atoms with Gasteiger partial charge in [-0.1, -0.05) is 40.2 Å². The number of benzene rings is 2. The van der Waals surface area contributed by atoms with Gasteiger partial charge in [0.05, 0.1) is 12.8 Å². The number of rotatable bonds is 5. The zero-order valence-corrected chi connectivity index (χ0v) is 17.6. The van der Waals surface area contributed by atoms with Crippen LogP contribution in [0.25, 0.3) is 17.3 Å². The number of nitriles is 1. The van der Waals surface area contributed by atoms with Crippen LogP contribution >= 0.6 is 27.3 Å². The predicted octanol–water partition coefficient (Wildman–Crippen LogP) is 5.44. The number of methoxy groups -OCH3 is 1. The summed E-state index contributed by atoms with van der Waals surface area (Å²) in [4.78, 5) is 18.0. The Bertz CT molecular complexity index is 1060. The molecule has 3 rings (SSSR count). The molecule has 0 aliphatic heterocycles. The highest BCUT2D eigenvalue weighted by Crippen LogP contribution is 2.31. The van der Waals surface area contributed by atoms with Gasteiger partial charge in [0, 0.05) is 14.9 Å². The lowest BCUT2D eigenvalue weighted by atomic mass is 10.1. The molecule has 0 saturated carbocycles. The van der Waals surface area contributed by atoms with Crippen LogP contribution in [0.4, 0.5) is 5.13 Å². The first-order valence-electron chi connectivity index (χ1n) is 8.30. The number of nitrogens with one attached hydrogen (secondary N) is 1. The van der Waals surface area contributed by atoms with Crippen molar-refractivity contribution in [1.29, 1.82) is 5.26 Å². The van der Waals surface area contributed by atoms with Crippen LogP contribution < -0.4 is 10.1 Å². The van der Waals surface area contributed by atoms with Crippen molar-refractivity contribution in [1.82, 2.24) is 4.98 Å². The van der Waals surface area contributed by atoms with Crippen LogP contribution in [0, 0.1) is 18.3 Å². The van der Waals surface area contributed by atoms with Gasteiger partial charge in [0.25, 0.3) is 5.91 Å². The summed E-state index contributed by atoms with van der Waals surface area (Å²) in [7, 11) is 1.58. The Morgan fingerprint density at radius 2 is 1.89 bits per heavy atom. The van der Waals surface area contributed by atoms with Gasteiger partial charge in [-0.05, 0) is 42.8 Å². The average molecular weight is 454 g/mol. The van der Waals surface area contributed by atoms with Crippen LogP contribution in [0.2, 0.25) is 0 Å². The molecule has 0 bridgehead atoms. The van der Waals surface area contributed by atoms with E-state index in [-0.39, 0.29) is 5.57 Å². The molecule has 0 spiro atoms. The molecule has 3 aromatic rings. The van der Waals surface area contributed by atoms with Crippen LogP contribution in [0.1, 0.15) is 10.4 Å². The average Bonchev–Trinajstić information content (AvgIpc) is 3.07. The summed E-state index contributed by atoms with van der Waals surface area (Å²) >= 11 is 4.79. The van der Waals surface area contributed by atoms with Crippen molar-refractivity contribution in [2.45, 2.75) is 6.92 Å². The number of thiazole rings is 1. The molecule has 0 saturated heterocycles. The van der Waals surface area contributed by atoms with Crippen molar-refractivity contribution >= 4 is 44.4 Å². The van der Waals surface area contributed by atoms with Crippen LogP contribution in [-0.2, 0) is 4.79 Å². The molecule has 0 atom stereocenters. The normalized spacial score (nSPS) is 11.0. The second-order valence-electron chi connectivity index (χ2n) is 5.83. The van der Waals surface area contributed by atoms with Crippen molar-refractivity contribution in [2.75, 3.05) is 12.4 Å². The van der Waals surface area contributed by atoms with Crippen molar-refractivity contribution in [3.63, 3.8) is 0 Å². The zero-order chi connectivity index (χ0) is 20.1. The quantitative estimate of drug-likeness (QED) is 0.412. The van der Waals surface area contributed by atoms with Gasteiger partial charge in [-0.15, -0.1) is 11.3 Å². The minimum atomic E-state index is -0.491. The first-order chi connectivity index (χ1) is 13.5. The topological polar surface area (TPSA) is 75.0 Å². The fourth-order valence-electron chi connectivity index (χ4n) is 2.51. The largest absolute Gasteiger partial charge is 0.497 e. The SMILES string of the molecule is COc1ccc(/C=C(\C#N)C(=O)Nc2nc(-c3ccc(Br)cc3)c(C)s2)cc1. The minimum Gasteiger partial charge on any atom is -0.497 e. The van der Waals surface area contributed by atoms with Gasteiger partial charge in [-0.3, -0.25) is 10.1 Å². The molecule has 140 valence electrons. The molecule has 2 aromatic carbocycles. The van der Waals surface area contributed by atoms with Crippen LogP contribution in [0.3, 0.4) is 0 Å². The molecule has 0 fully saturated rings. The number of carbonyl (C=O) groups is 1. The third-order valence-electron chi connectivity index (χ3n) is 3.93. The van der Waals surface area contributed by atoms with E-state index in [1.165, 1.54) is 17.4 Å². The van der Waals surface area contributed by atoms with Crippen LogP contribution in [0.15, 0.2) is 58.6 Å². The highest BCUT2D eigenvalue weighted by atomic mass is 79.9. The molecule has 0 aliphatic rings. The Morgan fingerprint density at radius 3 is 2.50 bits per heavy atom. The van der Waals surface area contributed by atoms with E-state index in [4.69, 9.17) is 4.74 Å². The molecule has 1 heterocycles. The lowest BCUT2D eigenvalue weighted by molar-refractivity contribution is -0.112. The molecule has 1 amide bonds. The molecule has 0 unspecified atom stereocenters. The van der Waals surface area contributed by atoms with Gasteiger partial charge in [0.1, 0.15) is 17.4 Å². The number of nitrogens with zero attached hydrogens (tertiary/aromatic N) is 2. The number of hydrogen-bond donors (Lipinski definition) is 1. The van der Waals surface area contributed by atoms with Gasteiger partial charge in [-0.25, -0.2) is 4.98 Å². The lowest BCUT2D eigenvalue weighted by Crippen LogP contribution is -2.13. The number of hydrogen-bond acceptors (Lipinski definition) is 5. The summed E-state index contributed by atoms with van der Waals surface area (Å²) in [5, 5.41) is 12.6. The van der Waals surface area contributed by atoms with E-state index >= 15 is 0 Å². The molecule has 1 aromatic heterocycles. The summed E-state index contributed by atoms with van der Waals surface area (Å²) in [5.41, 5.74) is 2.51. The first-order valence-corrected chi connectivity index (χ1v) is 9.91. The molecule has 1 N–H and O–H groups in total. The number of aromatic nitrogens is 1. The van der Waals surface area contributed by atoms with E-state index < -0.39 is 5.91 Å². The van der Waals surface area contributed by atoms with Crippen molar-refractivity contribution in [2.24, 2.45) is 0 Å². The number of amides is 1. The summed E-state index contributed by atoms with van der Waals surface area (Å²) in [6, 6.07) is 16.9. The Morgan fingerprint density at radius 1 is 1.21 bits per heavy atom. The monoisotopic (exact) mass is 453 g/mol. The Balaban J connectivity index is 1.79. The molecule has 28 heavy (non-hydrogen) atoms. The van der Waals surface area contributed by atoms with Crippen molar-refractivity contribution in [3.8, 4) is 23.1 Å². The first kappa shape index (κ1) is 19.8. The Hall–Kier alpha value is -2.95. The van der Waals surface area contributed by atoms with Crippen LogP contribution in [0.5, 0.6) is 5.75 Å². The number of carbonyl (C=O) groups excluding carboxylic acids is 1. The van der Waals surface area contributed by atoms with E-state index in [1.54, 1.807) is 31.4 Å². The number of anilines is 1. The van der Waals surface area contributed by atoms with Gasteiger partial charge in [-0.2, -0.15) is 5.26 Å². The van der Waals surface area contributed by atoms with E-state index in [0.717, 1.165) is 26.2 Å². The van der Waals surface area contributed by atoms with Gasteiger partial charge < -0.3 is 4.74 Å². The molecule has 7 heteroatoms. The fourth-order valence-corrected chi connectivity index (χ4v) is 3.60. The maximum Gasteiger partial charge on any atom is 0.268 e. The molecule has 0 radical (unpaired) electrons. The van der Waals surface area contributed by atoms with Crippen LogP contribution in [-0.4, -0.2) is 18.0 Å².